The number of likely N-dealkylation sites (tertiary alicyclic amines) is 1. The van der Waals surface area contributed by atoms with E-state index in [4.69, 9.17) is 5.11 Å². The van der Waals surface area contributed by atoms with Crippen molar-refractivity contribution in [3.8, 4) is 0 Å². The van der Waals surface area contributed by atoms with Gasteiger partial charge in [0.1, 0.15) is 0 Å². The summed E-state index contributed by atoms with van der Waals surface area (Å²) in [5, 5.41) is 10.5. The Labute approximate surface area is 108 Å². The Morgan fingerprint density at radius 1 is 1.22 bits per heavy atom. The first-order chi connectivity index (χ1) is 8.79. The van der Waals surface area contributed by atoms with Crippen LogP contribution in [0.25, 0.3) is 10.9 Å². The highest BCUT2D eigenvalue weighted by molar-refractivity contribution is 5.84. The minimum absolute atomic E-state index is 0.197. The molecule has 96 valence electrons. The van der Waals surface area contributed by atoms with Crippen LogP contribution in [0.4, 0.5) is 0 Å². The number of rotatable bonds is 2. The number of fused-ring (bicyclic) bond motifs is 1. The second kappa shape index (κ2) is 4.75. The molecule has 1 saturated heterocycles. The Bertz CT molecular complexity index is 538. The van der Waals surface area contributed by atoms with Crippen molar-refractivity contribution >= 4 is 10.9 Å². The number of aryl methyl sites for hydroxylation is 1. The van der Waals surface area contributed by atoms with E-state index in [1.807, 2.05) is 0 Å². The number of hydrogen-bond donors (Lipinski definition) is 1. The van der Waals surface area contributed by atoms with Gasteiger partial charge in [-0.05, 0) is 30.4 Å². The molecule has 1 aliphatic rings. The van der Waals surface area contributed by atoms with Gasteiger partial charge in [-0.1, -0.05) is 18.2 Å². The van der Waals surface area contributed by atoms with Crippen molar-refractivity contribution in [1.29, 1.82) is 0 Å². The molecule has 0 amide bonds. The number of nitrogens with zero attached hydrogens (tertiary/aromatic N) is 2. The van der Waals surface area contributed by atoms with Crippen LogP contribution in [0.5, 0.6) is 0 Å². The fourth-order valence-corrected chi connectivity index (χ4v) is 3.08. The maximum Gasteiger partial charge on any atom is 0.0956 e. The molecule has 1 fully saturated rings. The Hall–Kier alpha value is -1.32. The third kappa shape index (κ3) is 1.93. The molecule has 3 nitrogen and oxygen atoms in total. The fourth-order valence-electron chi connectivity index (χ4n) is 3.08. The Morgan fingerprint density at radius 3 is 2.67 bits per heavy atom. The van der Waals surface area contributed by atoms with Gasteiger partial charge in [-0.2, -0.15) is 0 Å². The van der Waals surface area contributed by atoms with Gasteiger partial charge in [0.25, 0.3) is 0 Å². The monoisotopic (exact) mass is 244 g/mol. The van der Waals surface area contributed by atoms with Crippen molar-refractivity contribution in [2.75, 3.05) is 19.8 Å². The lowest BCUT2D eigenvalue weighted by molar-refractivity contribution is 0.0838. The van der Waals surface area contributed by atoms with E-state index >= 15 is 0 Å². The Balaban J connectivity index is 1.91. The molecule has 2 aromatic rings. The number of benzene rings is 1. The van der Waals surface area contributed by atoms with Crippen LogP contribution in [0.3, 0.4) is 0 Å². The van der Waals surface area contributed by atoms with Crippen molar-refractivity contribution in [3.63, 3.8) is 0 Å². The maximum absolute atomic E-state index is 9.15. The molecule has 0 unspecified atom stereocenters. The van der Waals surface area contributed by atoms with Gasteiger partial charge < -0.3 is 9.67 Å². The molecular formula is C15H20N2O. The topological polar surface area (TPSA) is 28.4 Å². The molecule has 0 saturated carbocycles. The van der Waals surface area contributed by atoms with E-state index in [9.17, 15) is 0 Å². The third-order valence-electron chi connectivity index (χ3n) is 4.16. The first-order valence-corrected chi connectivity index (χ1v) is 6.67. The molecule has 0 atom stereocenters. The largest absolute Gasteiger partial charge is 0.381 e. The molecule has 0 aliphatic carbocycles. The lowest BCUT2D eigenvalue weighted by atomic mass is 9.89. The van der Waals surface area contributed by atoms with E-state index in [1.165, 1.54) is 16.5 Å². The summed E-state index contributed by atoms with van der Waals surface area (Å²) in [4.78, 5) is 2.11. The lowest BCUT2D eigenvalue weighted by Crippen LogP contribution is -2.33. The molecule has 3 rings (SSSR count). The third-order valence-corrected chi connectivity index (χ3v) is 4.16. The molecule has 18 heavy (non-hydrogen) atoms. The van der Waals surface area contributed by atoms with Crippen LogP contribution in [0.1, 0.15) is 24.3 Å². The lowest BCUT2D eigenvalue weighted by Gasteiger charge is -2.30. The highest BCUT2D eigenvalue weighted by Crippen LogP contribution is 2.33. The second-order valence-electron chi connectivity index (χ2n) is 5.25. The van der Waals surface area contributed by atoms with Crippen LogP contribution in [0.15, 0.2) is 30.5 Å². The predicted molar refractivity (Wildman–Crippen MR) is 73.6 cm³/mol. The zero-order chi connectivity index (χ0) is 12.5. The minimum Gasteiger partial charge on any atom is -0.381 e. The normalized spacial score (nSPS) is 18.6. The number of aliphatic hydroxyl groups is 1. The summed E-state index contributed by atoms with van der Waals surface area (Å²) in [6.07, 6.45) is 4.58. The predicted octanol–water partition coefficient (Wildman–Crippen LogP) is 2.31. The van der Waals surface area contributed by atoms with E-state index in [-0.39, 0.29) is 6.73 Å². The van der Waals surface area contributed by atoms with Crippen molar-refractivity contribution in [2.24, 2.45) is 7.05 Å². The van der Waals surface area contributed by atoms with Gasteiger partial charge in [0.05, 0.1) is 6.73 Å². The van der Waals surface area contributed by atoms with Gasteiger partial charge in [0.15, 0.2) is 0 Å². The van der Waals surface area contributed by atoms with Crippen molar-refractivity contribution in [3.05, 3.63) is 36.0 Å². The molecule has 1 aromatic heterocycles. The van der Waals surface area contributed by atoms with Crippen LogP contribution < -0.4 is 0 Å². The molecule has 1 N–H and O–H groups in total. The molecule has 0 spiro atoms. The van der Waals surface area contributed by atoms with Gasteiger partial charge in [0, 0.05) is 37.2 Å². The van der Waals surface area contributed by atoms with Crippen LogP contribution in [0.2, 0.25) is 0 Å². The SMILES string of the molecule is Cn1cc(C2CCN(CO)CC2)c2ccccc21. The van der Waals surface area contributed by atoms with E-state index in [0.29, 0.717) is 5.92 Å². The average molecular weight is 244 g/mol. The molecule has 2 heterocycles. The number of piperidine rings is 1. The number of aromatic nitrogens is 1. The van der Waals surface area contributed by atoms with Gasteiger partial charge in [0.2, 0.25) is 0 Å². The molecular weight excluding hydrogens is 224 g/mol. The summed E-state index contributed by atoms with van der Waals surface area (Å²) in [6.45, 7) is 2.21. The average Bonchev–Trinajstić information content (AvgIpc) is 2.77. The van der Waals surface area contributed by atoms with Gasteiger partial charge in [-0.3, -0.25) is 4.90 Å². The molecule has 1 aliphatic heterocycles. The summed E-state index contributed by atoms with van der Waals surface area (Å²) >= 11 is 0. The first-order valence-electron chi connectivity index (χ1n) is 6.67. The standard InChI is InChI=1S/C15H20N2O/c1-16-10-14(13-4-2-3-5-15(13)16)12-6-8-17(11-18)9-7-12/h2-5,10,12,18H,6-9,11H2,1H3. The van der Waals surface area contributed by atoms with E-state index < -0.39 is 0 Å². The summed E-state index contributed by atoms with van der Waals surface area (Å²) < 4.78 is 2.23. The van der Waals surface area contributed by atoms with Crippen LogP contribution in [-0.4, -0.2) is 34.4 Å². The summed E-state index contributed by atoms with van der Waals surface area (Å²) in [7, 11) is 2.12. The van der Waals surface area contributed by atoms with Crippen molar-refractivity contribution in [2.45, 2.75) is 18.8 Å². The van der Waals surface area contributed by atoms with Crippen LogP contribution in [-0.2, 0) is 7.05 Å². The van der Waals surface area contributed by atoms with Crippen molar-refractivity contribution < 1.29 is 5.11 Å². The first kappa shape index (κ1) is 11.8. The zero-order valence-corrected chi connectivity index (χ0v) is 10.8. The summed E-state index contributed by atoms with van der Waals surface area (Å²) in [5.41, 5.74) is 2.79. The number of aliphatic hydroxyl groups excluding tert-OH is 1. The van der Waals surface area contributed by atoms with Gasteiger partial charge in [-0.25, -0.2) is 0 Å². The zero-order valence-electron chi connectivity index (χ0n) is 10.8. The maximum atomic E-state index is 9.15. The molecule has 3 heteroatoms. The van der Waals surface area contributed by atoms with E-state index in [0.717, 1.165) is 25.9 Å². The smallest absolute Gasteiger partial charge is 0.0956 e. The fraction of sp³-hybridized carbons (Fsp3) is 0.467. The van der Waals surface area contributed by atoms with Crippen LogP contribution >= 0.6 is 0 Å². The number of para-hydroxylation sites is 1. The second-order valence-corrected chi connectivity index (χ2v) is 5.25. The summed E-state index contributed by atoms with van der Waals surface area (Å²) in [6, 6.07) is 8.62. The highest BCUT2D eigenvalue weighted by atomic mass is 16.3. The van der Waals surface area contributed by atoms with E-state index in [2.05, 4.69) is 47.0 Å². The highest BCUT2D eigenvalue weighted by Gasteiger charge is 2.22. The van der Waals surface area contributed by atoms with Gasteiger partial charge in [-0.15, -0.1) is 0 Å². The quantitative estimate of drug-likeness (QED) is 0.878. The molecule has 1 aromatic carbocycles. The molecule has 0 bridgehead atoms. The van der Waals surface area contributed by atoms with Crippen molar-refractivity contribution in [1.82, 2.24) is 9.47 Å². The Morgan fingerprint density at radius 2 is 1.94 bits per heavy atom. The van der Waals surface area contributed by atoms with E-state index in [1.54, 1.807) is 0 Å². The van der Waals surface area contributed by atoms with Gasteiger partial charge >= 0.3 is 0 Å². The summed E-state index contributed by atoms with van der Waals surface area (Å²) in [5.74, 6) is 0.638. The number of hydrogen-bond acceptors (Lipinski definition) is 2. The molecule has 0 radical (unpaired) electrons. The Kier molecular flexibility index (Phi) is 3.10. The minimum atomic E-state index is 0.197. The van der Waals surface area contributed by atoms with Crippen LogP contribution in [0, 0.1) is 0 Å².